The summed E-state index contributed by atoms with van der Waals surface area (Å²) in [4.78, 5) is 3.93. The van der Waals surface area contributed by atoms with Crippen molar-refractivity contribution >= 4 is 31.5 Å². The second-order valence-electron chi connectivity index (χ2n) is 5.63. The van der Waals surface area contributed by atoms with Crippen molar-refractivity contribution < 1.29 is 4.43 Å². The lowest BCUT2D eigenvalue weighted by Gasteiger charge is -2.36. The topological polar surface area (TPSA) is 27.1 Å². The molecular formula is C11H20Cl2N2OSi. The zero-order chi connectivity index (χ0) is 13.3. The van der Waals surface area contributed by atoms with E-state index in [-0.39, 0.29) is 5.04 Å². The molecule has 0 atom stereocenters. The molecule has 0 spiro atoms. The van der Waals surface area contributed by atoms with E-state index in [0.29, 0.717) is 23.5 Å². The van der Waals surface area contributed by atoms with Crippen LogP contribution in [-0.2, 0) is 11.0 Å². The summed E-state index contributed by atoms with van der Waals surface area (Å²) < 4.78 is 7.85. The van der Waals surface area contributed by atoms with Gasteiger partial charge in [-0.05, 0) is 18.1 Å². The Morgan fingerprint density at radius 1 is 1.35 bits per heavy atom. The van der Waals surface area contributed by atoms with Crippen molar-refractivity contribution in [2.24, 2.45) is 0 Å². The predicted molar refractivity (Wildman–Crippen MR) is 75.4 cm³/mol. The first-order valence-electron chi connectivity index (χ1n) is 5.65. The van der Waals surface area contributed by atoms with Gasteiger partial charge in [0.15, 0.2) is 13.5 Å². The molecule has 0 unspecified atom stereocenters. The minimum atomic E-state index is -1.68. The predicted octanol–water partition coefficient (Wildman–Crippen LogP) is 4.21. The first kappa shape index (κ1) is 15.0. The molecule has 0 amide bonds. The van der Waals surface area contributed by atoms with E-state index in [1.54, 1.807) is 10.9 Å². The first-order valence-corrected chi connectivity index (χ1v) is 9.31. The summed E-state index contributed by atoms with van der Waals surface area (Å²) in [6, 6.07) is 0. The van der Waals surface area contributed by atoms with Gasteiger partial charge in [0.05, 0.1) is 12.9 Å². The van der Waals surface area contributed by atoms with E-state index in [4.69, 9.17) is 27.6 Å². The van der Waals surface area contributed by atoms with E-state index in [1.807, 2.05) is 0 Å². The number of hydrogen-bond acceptors (Lipinski definition) is 2. The highest BCUT2D eigenvalue weighted by atomic mass is 35.5. The van der Waals surface area contributed by atoms with E-state index in [1.165, 1.54) is 0 Å². The van der Waals surface area contributed by atoms with Crippen molar-refractivity contribution in [2.45, 2.75) is 45.4 Å². The van der Waals surface area contributed by atoms with Gasteiger partial charge in [-0.1, -0.05) is 44.0 Å². The highest BCUT2D eigenvalue weighted by Gasteiger charge is 2.36. The summed E-state index contributed by atoms with van der Waals surface area (Å²) in [7, 11) is -1.68. The third kappa shape index (κ3) is 3.71. The van der Waals surface area contributed by atoms with Crippen LogP contribution in [0.2, 0.25) is 28.4 Å². The van der Waals surface area contributed by atoms with E-state index < -0.39 is 8.32 Å². The maximum Gasteiger partial charge on any atom is 0.192 e. The van der Waals surface area contributed by atoms with Crippen LogP contribution < -0.4 is 0 Å². The van der Waals surface area contributed by atoms with Gasteiger partial charge in [-0.2, -0.15) is 0 Å². The third-order valence-corrected chi connectivity index (χ3v) is 8.64. The quantitative estimate of drug-likeness (QED) is 0.778. The van der Waals surface area contributed by atoms with Crippen LogP contribution in [0.4, 0.5) is 0 Å². The maximum atomic E-state index is 6.05. The Morgan fingerprint density at radius 3 is 2.35 bits per heavy atom. The molecule has 0 bridgehead atoms. The number of imidazole rings is 1. The lowest BCUT2D eigenvalue weighted by atomic mass is 10.2. The molecule has 0 saturated carbocycles. The van der Waals surface area contributed by atoms with E-state index in [9.17, 15) is 0 Å². The highest BCUT2D eigenvalue weighted by molar-refractivity contribution is 6.74. The molecule has 98 valence electrons. The minimum absolute atomic E-state index is 0.226. The maximum absolute atomic E-state index is 6.05. The summed E-state index contributed by atoms with van der Waals surface area (Å²) in [5.41, 5.74) is 0. The van der Waals surface area contributed by atoms with Crippen molar-refractivity contribution in [3.05, 3.63) is 16.6 Å². The van der Waals surface area contributed by atoms with Gasteiger partial charge in [-0.25, -0.2) is 4.98 Å². The van der Waals surface area contributed by atoms with Crippen molar-refractivity contribution in [1.82, 2.24) is 9.55 Å². The number of hydrogen-bond donors (Lipinski definition) is 0. The van der Waals surface area contributed by atoms with E-state index >= 15 is 0 Å². The summed E-state index contributed by atoms with van der Waals surface area (Å²) in [6.07, 6.45) is 1.64. The number of nitrogens with zero attached hydrogens (tertiary/aromatic N) is 2. The summed E-state index contributed by atoms with van der Waals surface area (Å²) in [6.45, 7) is 12.5. The van der Waals surface area contributed by atoms with Gasteiger partial charge in [0.25, 0.3) is 0 Å². The highest BCUT2D eigenvalue weighted by Crippen LogP contribution is 2.36. The molecule has 0 aliphatic carbocycles. The number of halogens is 2. The molecule has 0 aromatic carbocycles. The van der Waals surface area contributed by atoms with Crippen LogP contribution in [0, 0.1) is 0 Å². The largest absolute Gasteiger partial charge is 0.415 e. The van der Waals surface area contributed by atoms with Gasteiger partial charge < -0.3 is 8.99 Å². The summed E-state index contributed by atoms with van der Waals surface area (Å²) >= 11 is 11.7. The Kier molecular flexibility index (Phi) is 4.69. The standard InChI is InChI=1S/C11H20Cl2N2OSi/c1-11(2,3)17(4,5)16-7-6-15-8-14-9(12)10(15)13/h8H,6-7H2,1-5H3. The van der Waals surface area contributed by atoms with Gasteiger partial charge in [0.2, 0.25) is 0 Å². The van der Waals surface area contributed by atoms with Crippen LogP contribution in [0.5, 0.6) is 0 Å². The molecule has 1 heterocycles. The Hall–Kier alpha value is -0.0331. The summed E-state index contributed by atoms with van der Waals surface area (Å²) in [5, 5.41) is 1.05. The molecule has 0 aliphatic heterocycles. The Morgan fingerprint density at radius 2 is 1.94 bits per heavy atom. The van der Waals surface area contributed by atoms with Crippen molar-refractivity contribution in [1.29, 1.82) is 0 Å². The number of rotatable bonds is 4. The van der Waals surface area contributed by atoms with Crippen LogP contribution in [0.15, 0.2) is 6.33 Å². The monoisotopic (exact) mass is 294 g/mol. The molecule has 1 rings (SSSR count). The van der Waals surface area contributed by atoms with Gasteiger partial charge in [-0.3, -0.25) is 0 Å². The molecule has 6 heteroatoms. The molecule has 17 heavy (non-hydrogen) atoms. The van der Waals surface area contributed by atoms with Crippen LogP contribution in [0.3, 0.4) is 0 Å². The summed E-state index contributed by atoms with van der Waals surface area (Å²) in [5.74, 6) is 0. The van der Waals surface area contributed by atoms with Crippen LogP contribution in [0.1, 0.15) is 20.8 Å². The number of aromatic nitrogens is 2. The van der Waals surface area contributed by atoms with Crippen molar-refractivity contribution in [3.63, 3.8) is 0 Å². The van der Waals surface area contributed by atoms with Gasteiger partial charge >= 0.3 is 0 Å². The average molecular weight is 295 g/mol. The van der Waals surface area contributed by atoms with Crippen molar-refractivity contribution in [2.75, 3.05) is 6.61 Å². The Balaban J connectivity index is 2.51. The molecule has 3 nitrogen and oxygen atoms in total. The molecule has 0 saturated heterocycles. The van der Waals surface area contributed by atoms with Crippen molar-refractivity contribution in [3.8, 4) is 0 Å². The van der Waals surface area contributed by atoms with Crippen LogP contribution >= 0.6 is 23.2 Å². The normalized spacial score (nSPS) is 13.1. The second-order valence-corrected chi connectivity index (χ2v) is 11.2. The fourth-order valence-corrected chi connectivity index (χ4v) is 2.48. The van der Waals surface area contributed by atoms with Crippen LogP contribution in [0.25, 0.3) is 0 Å². The van der Waals surface area contributed by atoms with Gasteiger partial charge in [0, 0.05) is 6.54 Å². The van der Waals surface area contributed by atoms with Gasteiger partial charge in [0.1, 0.15) is 5.15 Å². The fraction of sp³-hybridized carbons (Fsp3) is 0.727. The zero-order valence-electron chi connectivity index (χ0n) is 11.1. The average Bonchev–Trinajstić information content (AvgIpc) is 2.47. The van der Waals surface area contributed by atoms with E-state index in [0.717, 1.165) is 0 Å². The zero-order valence-corrected chi connectivity index (χ0v) is 13.6. The molecule has 0 N–H and O–H groups in total. The minimum Gasteiger partial charge on any atom is -0.415 e. The molecule has 1 aromatic heterocycles. The molecule has 0 aliphatic rings. The second kappa shape index (κ2) is 5.30. The van der Waals surface area contributed by atoms with Gasteiger partial charge in [-0.15, -0.1) is 0 Å². The lowest BCUT2D eigenvalue weighted by Crippen LogP contribution is -2.41. The SMILES string of the molecule is CC(C)(C)[Si](C)(C)OCCn1cnc(Cl)c1Cl. The molecule has 0 radical (unpaired) electrons. The lowest BCUT2D eigenvalue weighted by molar-refractivity contribution is 0.272. The molecular weight excluding hydrogens is 275 g/mol. The Labute approximate surface area is 114 Å². The smallest absolute Gasteiger partial charge is 0.192 e. The first-order chi connectivity index (χ1) is 7.65. The molecule has 0 fully saturated rings. The molecule has 1 aromatic rings. The fourth-order valence-electron chi connectivity index (χ4n) is 1.11. The third-order valence-electron chi connectivity index (χ3n) is 3.33. The van der Waals surface area contributed by atoms with Crippen LogP contribution in [-0.4, -0.2) is 24.5 Å². The van der Waals surface area contributed by atoms with E-state index in [2.05, 4.69) is 38.8 Å². The Bertz CT molecular complexity index is 385.